The minimum Gasteiger partial charge on any atom is -0.397 e. The number of hydrogen-bond acceptors (Lipinski definition) is 5. The van der Waals surface area contributed by atoms with Gasteiger partial charge in [-0.05, 0) is 24.5 Å². The Bertz CT molecular complexity index is 516. The molecule has 1 aromatic rings. The Morgan fingerprint density at radius 2 is 2.25 bits per heavy atom. The number of piperidine rings is 1. The zero-order valence-corrected chi connectivity index (χ0v) is 11.4. The van der Waals surface area contributed by atoms with Crippen LogP contribution in [0.5, 0.6) is 0 Å². The zero-order chi connectivity index (χ0) is 14.5. The van der Waals surface area contributed by atoms with Crippen molar-refractivity contribution in [3.63, 3.8) is 0 Å². The van der Waals surface area contributed by atoms with E-state index >= 15 is 0 Å². The van der Waals surface area contributed by atoms with Crippen LogP contribution in [0.25, 0.3) is 0 Å². The lowest BCUT2D eigenvalue weighted by Crippen LogP contribution is -2.47. The molecule has 1 atom stereocenters. The van der Waals surface area contributed by atoms with E-state index in [4.69, 9.17) is 10.5 Å². The van der Waals surface area contributed by atoms with Crippen LogP contribution in [0.2, 0.25) is 0 Å². The monoisotopic (exact) mass is 277 g/mol. The van der Waals surface area contributed by atoms with Crippen molar-refractivity contribution in [2.75, 3.05) is 24.8 Å². The predicted octanol–water partition coefficient (Wildman–Crippen LogP) is 0.675. The van der Waals surface area contributed by atoms with Crippen LogP contribution in [0.15, 0.2) is 18.2 Å². The lowest BCUT2D eigenvalue weighted by Gasteiger charge is -2.24. The quantitative estimate of drug-likeness (QED) is 0.543. The number of carbonyl (C=O) groups excluding carboxylic acids is 2. The summed E-state index contributed by atoms with van der Waals surface area (Å²) >= 11 is 0. The van der Waals surface area contributed by atoms with Crippen LogP contribution in [0, 0.1) is 0 Å². The molecule has 1 aliphatic heterocycles. The third kappa shape index (κ3) is 3.27. The first-order valence-corrected chi connectivity index (χ1v) is 6.58. The SMILES string of the molecule is COCCc1cccc(NC2CCC(=O)NC2=O)c1N. The fraction of sp³-hybridized carbons (Fsp3) is 0.429. The Kier molecular flexibility index (Phi) is 4.57. The molecule has 0 saturated carbocycles. The van der Waals surface area contributed by atoms with E-state index < -0.39 is 6.04 Å². The van der Waals surface area contributed by atoms with Gasteiger partial charge in [-0.25, -0.2) is 0 Å². The topological polar surface area (TPSA) is 93.5 Å². The second kappa shape index (κ2) is 6.38. The first kappa shape index (κ1) is 14.3. The highest BCUT2D eigenvalue weighted by Gasteiger charge is 2.26. The number of amides is 2. The van der Waals surface area contributed by atoms with Crippen molar-refractivity contribution in [2.24, 2.45) is 0 Å². The fourth-order valence-electron chi connectivity index (χ4n) is 2.19. The number of nitrogens with two attached hydrogens (primary N) is 1. The number of benzene rings is 1. The summed E-state index contributed by atoms with van der Waals surface area (Å²) in [6.07, 6.45) is 1.53. The second-order valence-electron chi connectivity index (χ2n) is 4.77. The summed E-state index contributed by atoms with van der Waals surface area (Å²) < 4.78 is 5.04. The summed E-state index contributed by atoms with van der Waals surface area (Å²) in [5, 5.41) is 5.42. The van der Waals surface area contributed by atoms with Gasteiger partial charge in [0.25, 0.3) is 0 Å². The standard InChI is InChI=1S/C14H19N3O3/c1-20-8-7-9-3-2-4-10(13(9)15)16-11-5-6-12(18)17-14(11)19/h2-4,11,16H,5-8,15H2,1H3,(H,17,18,19). The number of para-hydroxylation sites is 1. The van der Waals surface area contributed by atoms with Crippen molar-refractivity contribution in [2.45, 2.75) is 25.3 Å². The molecule has 6 heteroatoms. The van der Waals surface area contributed by atoms with Crippen LogP contribution in [-0.2, 0) is 20.7 Å². The number of ether oxygens (including phenoxy) is 1. The van der Waals surface area contributed by atoms with Gasteiger partial charge in [-0.2, -0.15) is 0 Å². The smallest absolute Gasteiger partial charge is 0.249 e. The van der Waals surface area contributed by atoms with Gasteiger partial charge in [-0.1, -0.05) is 12.1 Å². The van der Waals surface area contributed by atoms with Crippen molar-refractivity contribution in [3.8, 4) is 0 Å². The molecular weight excluding hydrogens is 258 g/mol. The molecule has 0 radical (unpaired) electrons. The summed E-state index contributed by atoms with van der Waals surface area (Å²) in [7, 11) is 1.64. The van der Waals surface area contributed by atoms with Gasteiger partial charge in [-0.3, -0.25) is 14.9 Å². The van der Waals surface area contributed by atoms with Gasteiger partial charge >= 0.3 is 0 Å². The molecule has 1 aliphatic rings. The molecule has 1 fully saturated rings. The minimum atomic E-state index is -0.423. The Morgan fingerprint density at radius 1 is 1.45 bits per heavy atom. The van der Waals surface area contributed by atoms with Crippen molar-refractivity contribution < 1.29 is 14.3 Å². The van der Waals surface area contributed by atoms with E-state index in [-0.39, 0.29) is 11.8 Å². The average Bonchev–Trinajstić information content (AvgIpc) is 2.42. The Morgan fingerprint density at radius 3 is 2.95 bits per heavy atom. The minimum absolute atomic E-state index is 0.227. The molecular formula is C14H19N3O3. The highest BCUT2D eigenvalue weighted by molar-refractivity contribution is 6.01. The van der Waals surface area contributed by atoms with E-state index in [9.17, 15) is 9.59 Å². The molecule has 2 amide bonds. The fourth-order valence-corrected chi connectivity index (χ4v) is 2.19. The molecule has 1 heterocycles. The van der Waals surface area contributed by atoms with Gasteiger partial charge in [0.15, 0.2) is 0 Å². The predicted molar refractivity (Wildman–Crippen MR) is 76.2 cm³/mol. The maximum Gasteiger partial charge on any atom is 0.249 e. The van der Waals surface area contributed by atoms with Gasteiger partial charge < -0.3 is 15.8 Å². The number of rotatable bonds is 5. The third-order valence-electron chi connectivity index (χ3n) is 3.34. The van der Waals surface area contributed by atoms with Gasteiger partial charge in [0.05, 0.1) is 18.0 Å². The number of carbonyl (C=O) groups is 2. The zero-order valence-electron chi connectivity index (χ0n) is 11.4. The molecule has 1 aromatic carbocycles. The van der Waals surface area contributed by atoms with Crippen LogP contribution in [0.3, 0.4) is 0 Å². The number of methoxy groups -OCH3 is 1. The van der Waals surface area contributed by atoms with E-state index in [1.165, 1.54) is 0 Å². The summed E-state index contributed by atoms with van der Waals surface area (Å²) in [6.45, 7) is 0.589. The molecule has 2 rings (SSSR count). The van der Waals surface area contributed by atoms with Crippen LogP contribution >= 0.6 is 0 Å². The number of imide groups is 1. The molecule has 108 valence electrons. The largest absolute Gasteiger partial charge is 0.397 e. The lowest BCUT2D eigenvalue weighted by atomic mass is 10.0. The summed E-state index contributed by atoms with van der Waals surface area (Å²) in [6, 6.07) is 5.22. The van der Waals surface area contributed by atoms with Gasteiger partial charge in [-0.15, -0.1) is 0 Å². The van der Waals surface area contributed by atoms with Crippen molar-refractivity contribution in [3.05, 3.63) is 23.8 Å². The van der Waals surface area contributed by atoms with Crippen LogP contribution in [0.1, 0.15) is 18.4 Å². The van der Waals surface area contributed by atoms with Gasteiger partial charge in [0.1, 0.15) is 6.04 Å². The summed E-state index contributed by atoms with van der Waals surface area (Å²) in [4.78, 5) is 22.8. The van der Waals surface area contributed by atoms with Crippen molar-refractivity contribution in [1.29, 1.82) is 0 Å². The molecule has 0 aliphatic carbocycles. The third-order valence-corrected chi connectivity index (χ3v) is 3.34. The molecule has 0 bridgehead atoms. The Balaban J connectivity index is 2.09. The number of nitrogens with one attached hydrogen (secondary N) is 2. The maximum atomic E-state index is 11.7. The first-order chi connectivity index (χ1) is 9.61. The maximum absolute atomic E-state index is 11.7. The Labute approximate surface area is 117 Å². The van der Waals surface area contributed by atoms with Crippen LogP contribution in [0.4, 0.5) is 11.4 Å². The van der Waals surface area contributed by atoms with Crippen LogP contribution in [-0.4, -0.2) is 31.6 Å². The van der Waals surface area contributed by atoms with E-state index in [0.717, 1.165) is 5.56 Å². The number of anilines is 2. The molecule has 1 unspecified atom stereocenters. The summed E-state index contributed by atoms with van der Waals surface area (Å²) in [5.41, 5.74) is 8.41. The number of nitrogen functional groups attached to an aromatic ring is 1. The molecule has 0 aromatic heterocycles. The van der Waals surface area contributed by atoms with E-state index in [2.05, 4.69) is 10.6 Å². The number of hydrogen-bond donors (Lipinski definition) is 3. The van der Waals surface area contributed by atoms with Crippen molar-refractivity contribution >= 4 is 23.2 Å². The van der Waals surface area contributed by atoms with E-state index in [1.807, 2.05) is 18.2 Å². The highest BCUT2D eigenvalue weighted by atomic mass is 16.5. The second-order valence-corrected chi connectivity index (χ2v) is 4.77. The van der Waals surface area contributed by atoms with Gasteiger partial charge in [0.2, 0.25) is 11.8 Å². The lowest BCUT2D eigenvalue weighted by molar-refractivity contribution is -0.133. The molecule has 6 nitrogen and oxygen atoms in total. The Hall–Kier alpha value is -2.08. The van der Waals surface area contributed by atoms with Crippen LogP contribution < -0.4 is 16.4 Å². The molecule has 1 saturated heterocycles. The first-order valence-electron chi connectivity index (χ1n) is 6.58. The molecule has 4 N–H and O–H groups in total. The average molecular weight is 277 g/mol. The summed E-state index contributed by atoms with van der Waals surface area (Å²) in [5.74, 6) is -0.530. The normalized spacial score (nSPS) is 18.8. The van der Waals surface area contributed by atoms with Gasteiger partial charge in [0, 0.05) is 13.5 Å². The molecule has 20 heavy (non-hydrogen) atoms. The van der Waals surface area contributed by atoms with E-state index in [1.54, 1.807) is 7.11 Å². The van der Waals surface area contributed by atoms with Crippen molar-refractivity contribution in [1.82, 2.24) is 5.32 Å². The molecule has 0 spiro atoms. The van der Waals surface area contributed by atoms with E-state index in [0.29, 0.717) is 37.2 Å². The highest BCUT2D eigenvalue weighted by Crippen LogP contribution is 2.25.